The fraction of sp³-hybridized carbons (Fsp3) is 0.692. The molecule has 0 aliphatic heterocycles. The van der Waals surface area contributed by atoms with Crippen LogP contribution in [0.5, 0.6) is 0 Å². The molecule has 0 aliphatic rings. The summed E-state index contributed by atoms with van der Waals surface area (Å²) in [5.74, 6) is 2.82. The molecule has 0 saturated heterocycles. The van der Waals surface area contributed by atoms with Crippen molar-refractivity contribution in [1.29, 1.82) is 0 Å². The van der Waals surface area contributed by atoms with Gasteiger partial charge in [-0.1, -0.05) is 34.6 Å². The molecule has 3 nitrogen and oxygen atoms in total. The lowest BCUT2D eigenvalue weighted by atomic mass is 10.2. The van der Waals surface area contributed by atoms with Crippen molar-refractivity contribution in [2.75, 3.05) is 12.4 Å². The zero-order valence-corrected chi connectivity index (χ0v) is 12.4. The van der Waals surface area contributed by atoms with Gasteiger partial charge in [-0.05, 0) is 5.92 Å². The topological polar surface area (TPSA) is 37.8 Å². The summed E-state index contributed by atoms with van der Waals surface area (Å²) in [5.41, 5.74) is 0. The van der Waals surface area contributed by atoms with E-state index >= 15 is 0 Å². The third kappa shape index (κ3) is 4.19. The van der Waals surface area contributed by atoms with Crippen LogP contribution in [0, 0.1) is 5.92 Å². The molecule has 0 bridgehead atoms. The molecule has 1 aromatic heterocycles. The van der Waals surface area contributed by atoms with Gasteiger partial charge in [0.25, 0.3) is 0 Å². The summed E-state index contributed by atoms with van der Waals surface area (Å²) in [6.45, 7) is 11.0. The number of aromatic nitrogens is 2. The second kappa shape index (κ2) is 6.24. The van der Waals surface area contributed by atoms with Crippen LogP contribution in [0.2, 0.25) is 0 Å². The monoisotopic (exact) mass is 253 g/mol. The van der Waals surface area contributed by atoms with E-state index in [0.29, 0.717) is 17.1 Å². The van der Waals surface area contributed by atoms with Crippen molar-refractivity contribution in [3.8, 4) is 0 Å². The van der Waals surface area contributed by atoms with Gasteiger partial charge in [-0.2, -0.15) is 0 Å². The van der Waals surface area contributed by atoms with E-state index in [1.54, 1.807) is 0 Å². The van der Waals surface area contributed by atoms with Crippen LogP contribution in [0.3, 0.4) is 0 Å². The van der Waals surface area contributed by atoms with Gasteiger partial charge in [0, 0.05) is 24.3 Å². The van der Waals surface area contributed by atoms with Crippen LogP contribution in [-0.4, -0.2) is 22.3 Å². The van der Waals surface area contributed by atoms with Gasteiger partial charge in [-0.3, -0.25) is 0 Å². The van der Waals surface area contributed by atoms with Gasteiger partial charge in [0.15, 0.2) is 0 Å². The van der Waals surface area contributed by atoms with E-state index in [2.05, 4.69) is 49.9 Å². The van der Waals surface area contributed by atoms with Gasteiger partial charge >= 0.3 is 0 Å². The van der Waals surface area contributed by atoms with Crippen LogP contribution >= 0.6 is 11.8 Å². The molecule has 0 amide bonds. The molecule has 1 aromatic rings. The van der Waals surface area contributed by atoms with Crippen molar-refractivity contribution in [2.24, 2.45) is 5.92 Å². The Hall–Kier alpha value is -0.770. The summed E-state index contributed by atoms with van der Waals surface area (Å²) < 4.78 is 0. The van der Waals surface area contributed by atoms with E-state index in [0.717, 1.165) is 16.7 Å². The van der Waals surface area contributed by atoms with Gasteiger partial charge in [0.1, 0.15) is 16.7 Å². The Morgan fingerprint density at radius 1 is 1.12 bits per heavy atom. The fourth-order valence-corrected chi connectivity index (χ4v) is 2.19. The summed E-state index contributed by atoms with van der Waals surface area (Å²) in [5, 5.41) is 4.73. The van der Waals surface area contributed by atoms with E-state index in [-0.39, 0.29) is 0 Å². The van der Waals surface area contributed by atoms with Crippen molar-refractivity contribution in [2.45, 2.75) is 50.8 Å². The summed E-state index contributed by atoms with van der Waals surface area (Å²) in [6, 6.07) is 2.02. The number of nitrogens with one attached hydrogen (secondary N) is 1. The van der Waals surface area contributed by atoms with Crippen LogP contribution < -0.4 is 5.32 Å². The quantitative estimate of drug-likeness (QED) is 0.640. The first-order chi connectivity index (χ1) is 7.93. The zero-order valence-electron chi connectivity index (χ0n) is 11.6. The molecule has 17 heavy (non-hydrogen) atoms. The maximum Gasteiger partial charge on any atom is 0.134 e. The van der Waals surface area contributed by atoms with Gasteiger partial charge in [-0.15, -0.1) is 11.8 Å². The van der Waals surface area contributed by atoms with Crippen molar-refractivity contribution < 1.29 is 0 Å². The standard InChI is InChI=1S/C13H23N3S/c1-8(2)10(5)17-12-7-11(14-6)15-13(16-12)9(3)4/h7-10H,1-6H3,(H,14,15,16). The fourth-order valence-electron chi connectivity index (χ4n) is 1.22. The summed E-state index contributed by atoms with van der Waals surface area (Å²) >= 11 is 1.82. The number of nitrogens with zero attached hydrogens (tertiary/aromatic N) is 2. The maximum absolute atomic E-state index is 4.62. The number of hydrogen-bond acceptors (Lipinski definition) is 4. The number of thioether (sulfide) groups is 1. The SMILES string of the molecule is CNc1cc(SC(C)C(C)C)nc(C(C)C)n1. The predicted octanol–water partition coefficient (Wildman–Crippen LogP) is 3.78. The molecular weight excluding hydrogens is 230 g/mol. The highest BCUT2D eigenvalue weighted by Crippen LogP contribution is 2.28. The Labute approximate surface area is 109 Å². The third-order valence-corrected chi connectivity index (χ3v) is 4.10. The number of rotatable bonds is 5. The minimum atomic E-state index is 0.358. The van der Waals surface area contributed by atoms with Crippen molar-refractivity contribution in [3.05, 3.63) is 11.9 Å². The third-order valence-electron chi connectivity index (χ3n) is 2.74. The summed E-state index contributed by atoms with van der Waals surface area (Å²) in [6.07, 6.45) is 0. The van der Waals surface area contributed by atoms with Crippen LogP contribution in [0.4, 0.5) is 5.82 Å². The molecular formula is C13H23N3S. The van der Waals surface area contributed by atoms with Gasteiger partial charge in [0.05, 0.1) is 0 Å². The number of anilines is 1. The van der Waals surface area contributed by atoms with E-state index in [1.165, 1.54) is 0 Å². The molecule has 1 N–H and O–H groups in total. The largest absolute Gasteiger partial charge is 0.373 e. The Morgan fingerprint density at radius 3 is 2.24 bits per heavy atom. The first kappa shape index (κ1) is 14.3. The van der Waals surface area contributed by atoms with E-state index in [9.17, 15) is 0 Å². The van der Waals surface area contributed by atoms with E-state index in [1.807, 2.05) is 24.9 Å². The molecule has 1 heterocycles. The molecule has 1 atom stereocenters. The molecule has 1 unspecified atom stereocenters. The predicted molar refractivity (Wildman–Crippen MR) is 75.8 cm³/mol. The normalized spacial score (nSPS) is 13.2. The smallest absolute Gasteiger partial charge is 0.134 e. The molecule has 1 rings (SSSR count). The van der Waals surface area contributed by atoms with E-state index in [4.69, 9.17) is 0 Å². The van der Waals surface area contributed by atoms with Crippen LogP contribution in [0.1, 0.15) is 46.4 Å². The van der Waals surface area contributed by atoms with Crippen molar-refractivity contribution >= 4 is 17.6 Å². The Morgan fingerprint density at radius 2 is 1.76 bits per heavy atom. The second-order valence-electron chi connectivity index (χ2n) is 4.92. The average Bonchev–Trinajstić information content (AvgIpc) is 2.28. The van der Waals surface area contributed by atoms with E-state index < -0.39 is 0 Å². The molecule has 0 radical (unpaired) electrons. The van der Waals surface area contributed by atoms with Crippen molar-refractivity contribution in [3.63, 3.8) is 0 Å². The molecule has 0 aromatic carbocycles. The Kier molecular flexibility index (Phi) is 5.25. The van der Waals surface area contributed by atoms with Crippen LogP contribution in [0.25, 0.3) is 0 Å². The second-order valence-corrected chi connectivity index (χ2v) is 6.32. The number of hydrogen-bond donors (Lipinski definition) is 1. The average molecular weight is 253 g/mol. The van der Waals surface area contributed by atoms with Gasteiger partial charge in [0.2, 0.25) is 0 Å². The highest BCUT2D eigenvalue weighted by atomic mass is 32.2. The van der Waals surface area contributed by atoms with Gasteiger partial charge < -0.3 is 5.32 Å². The highest BCUT2D eigenvalue weighted by Gasteiger charge is 2.13. The lowest BCUT2D eigenvalue weighted by Crippen LogP contribution is -2.08. The molecule has 0 spiro atoms. The first-order valence-corrected chi connectivity index (χ1v) is 7.05. The minimum Gasteiger partial charge on any atom is -0.373 e. The van der Waals surface area contributed by atoms with Gasteiger partial charge in [-0.25, -0.2) is 9.97 Å². The lowest BCUT2D eigenvalue weighted by molar-refractivity contribution is 0.640. The molecule has 4 heteroatoms. The molecule has 96 valence electrons. The summed E-state index contributed by atoms with van der Waals surface area (Å²) in [4.78, 5) is 9.08. The summed E-state index contributed by atoms with van der Waals surface area (Å²) in [7, 11) is 1.90. The highest BCUT2D eigenvalue weighted by molar-refractivity contribution is 7.99. The molecule has 0 aliphatic carbocycles. The zero-order chi connectivity index (χ0) is 13.0. The van der Waals surface area contributed by atoms with Crippen LogP contribution in [0.15, 0.2) is 11.1 Å². The van der Waals surface area contributed by atoms with Crippen molar-refractivity contribution in [1.82, 2.24) is 9.97 Å². The Balaban J connectivity index is 2.94. The minimum absolute atomic E-state index is 0.358. The Bertz CT molecular complexity index is 364. The lowest BCUT2D eigenvalue weighted by Gasteiger charge is -2.16. The maximum atomic E-state index is 4.62. The molecule has 0 saturated carbocycles. The first-order valence-electron chi connectivity index (χ1n) is 6.17. The van der Waals surface area contributed by atoms with Crippen LogP contribution in [-0.2, 0) is 0 Å². The molecule has 0 fully saturated rings.